The second-order valence-electron chi connectivity index (χ2n) is 6.98. The Kier molecular flexibility index (Phi) is 4.68. The van der Waals surface area contributed by atoms with Crippen molar-refractivity contribution in [3.63, 3.8) is 0 Å². The minimum absolute atomic E-state index is 0.149. The fourth-order valence-electron chi connectivity index (χ4n) is 3.33. The third-order valence-electron chi connectivity index (χ3n) is 4.66. The molecule has 4 heterocycles. The summed E-state index contributed by atoms with van der Waals surface area (Å²) >= 11 is 0. The van der Waals surface area contributed by atoms with Crippen molar-refractivity contribution in [3.05, 3.63) is 54.2 Å². The van der Waals surface area contributed by atoms with Crippen LogP contribution in [0.5, 0.6) is 0 Å². The van der Waals surface area contributed by atoms with Crippen LogP contribution in [-0.4, -0.2) is 37.0 Å². The SMILES string of the molecule is Cc1nn(C)c2nc(-c3ccco3)cc(C(=O)NC[C@H](C)Cn3cccn3)c12. The average molecular weight is 378 g/mol. The first-order chi connectivity index (χ1) is 13.5. The lowest BCUT2D eigenvalue weighted by atomic mass is 10.1. The van der Waals surface area contributed by atoms with Crippen molar-refractivity contribution >= 4 is 16.9 Å². The van der Waals surface area contributed by atoms with Gasteiger partial charge in [-0.3, -0.25) is 14.2 Å². The zero-order valence-corrected chi connectivity index (χ0v) is 16.1. The lowest BCUT2D eigenvalue weighted by Gasteiger charge is -2.13. The summed E-state index contributed by atoms with van der Waals surface area (Å²) in [4.78, 5) is 17.7. The first-order valence-corrected chi connectivity index (χ1v) is 9.16. The summed E-state index contributed by atoms with van der Waals surface area (Å²) in [5, 5.41) is 12.4. The summed E-state index contributed by atoms with van der Waals surface area (Å²) in [6.07, 6.45) is 5.26. The molecule has 0 unspecified atom stereocenters. The Morgan fingerprint density at radius 2 is 2.21 bits per heavy atom. The van der Waals surface area contributed by atoms with Gasteiger partial charge in [0, 0.05) is 32.5 Å². The molecule has 0 aliphatic heterocycles. The maximum atomic E-state index is 13.0. The number of nitrogens with zero attached hydrogens (tertiary/aromatic N) is 5. The third-order valence-corrected chi connectivity index (χ3v) is 4.66. The number of aromatic nitrogens is 5. The third kappa shape index (κ3) is 3.40. The van der Waals surface area contributed by atoms with Crippen molar-refractivity contribution in [2.45, 2.75) is 20.4 Å². The Balaban J connectivity index is 1.62. The van der Waals surface area contributed by atoms with Gasteiger partial charge in [0.05, 0.1) is 22.9 Å². The van der Waals surface area contributed by atoms with E-state index in [0.717, 1.165) is 17.6 Å². The zero-order chi connectivity index (χ0) is 19.7. The summed E-state index contributed by atoms with van der Waals surface area (Å²) in [6, 6.07) is 7.28. The predicted octanol–water partition coefficient (Wildman–Crippen LogP) is 2.80. The van der Waals surface area contributed by atoms with Crippen LogP contribution in [0.2, 0.25) is 0 Å². The molecule has 28 heavy (non-hydrogen) atoms. The van der Waals surface area contributed by atoms with Gasteiger partial charge < -0.3 is 9.73 Å². The van der Waals surface area contributed by atoms with Gasteiger partial charge in [0.1, 0.15) is 5.69 Å². The molecule has 144 valence electrons. The van der Waals surface area contributed by atoms with E-state index in [1.54, 1.807) is 29.3 Å². The number of carbonyl (C=O) groups is 1. The second-order valence-corrected chi connectivity index (χ2v) is 6.98. The largest absolute Gasteiger partial charge is 0.463 e. The Bertz CT molecular complexity index is 1100. The fourth-order valence-corrected chi connectivity index (χ4v) is 3.33. The molecule has 0 bridgehead atoms. The van der Waals surface area contributed by atoms with Crippen molar-refractivity contribution in [1.82, 2.24) is 29.9 Å². The second kappa shape index (κ2) is 7.30. The number of pyridine rings is 1. The van der Waals surface area contributed by atoms with E-state index in [4.69, 9.17) is 4.42 Å². The number of rotatable bonds is 6. The standard InChI is InChI=1S/C20H22N6O2/c1-13(12-26-8-5-7-22-26)11-21-20(27)15-10-16(17-6-4-9-28-17)23-19-18(15)14(2)24-25(19)3/h4-10,13H,11-12H2,1-3H3,(H,21,27)/t13-/m0/s1. The Morgan fingerprint density at radius 1 is 1.36 bits per heavy atom. The summed E-state index contributed by atoms with van der Waals surface area (Å²) in [7, 11) is 1.82. The smallest absolute Gasteiger partial charge is 0.252 e. The van der Waals surface area contributed by atoms with E-state index in [1.165, 1.54) is 0 Å². The molecule has 4 aromatic heterocycles. The molecule has 4 rings (SSSR count). The van der Waals surface area contributed by atoms with Gasteiger partial charge in [0.2, 0.25) is 0 Å². The lowest BCUT2D eigenvalue weighted by molar-refractivity contribution is 0.0948. The molecule has 0 saturated heterocycles. The molecule has 8 nitrogen and oxygen atoms in total. The summed E-state index contributed by atoms with van der Waals surface area (Å²) in [5.74, 6) is 0.700. The number of amides is 1. The predicted molar refractivity (Wildman–Crippen MR) is 105 cm³/mol. The van der Waals surface area contributed by atoms with Gasteiger partial charge in [-0.25, -0.2) is 4.98 Å². The van der Waals surface area contributed by atoms with Crippen LogP contribution in [-0.2, 0) is 13.6 Å². The molecule has 1 amide bonds. The normalized spacial score (nSPS) is 12.4. The van der Waals surface area contributed by atoms with Crippen LogP contribution in [0, 0.1) is 12.8 Å². The maximum absolute atomic E-state index is 13.0. The number of nitrogens with one attached hydrogen (secondary N) is 1. The quantitative estimate of drug-likeness (QED) is 0.557. The molecule has 0 aromatic carbocycles. The lowest BCUT2D eigenvalue weighted by Crippen LogP contribution is -2.30. The van der Waals surface area contributed by atoms with Crippen LogP contribution in [0.25, 0.3) is 22.5 Å². The molecule has 0 aliphatic carbocycles. The molecular weight excluding hydrogens is 356 g/mol. The van der Waals surface area contributed by atoms with E-state index in [2.05, 4.69) is 27.4 Å². The number of hydrogen-bond acceptors (Lipinski definition) is 5. The van der Waals surface area contributed by atoms with E-state index in [1.807, 2.05) is 37.0 Å². The van der Waals surface area contributed by atoms with Gasteiger partial charge in [-0.15, -0.1) is 0 Å². The Hall–Kier alpha value is -3.42. The number of furan rings is 1. The first-order valence-electron chi connectivity index (χ1n) is 9.16. The van der Waals surface area contributed by atoms with Gasteiger partial charge in [-0.1, -0.05) is 6.92 Å². The number of hydrogen-bond donors (Lipinski definition) is 1. The topological polar surface area (TPSA) is 90.8 Å². The number of carbonyl (C=O) groups excluding carboxylic acids is 1. The molecule has 1 atom stereocenters. The van der Waals surface area contributed by atoms with Crippen molar-refractivity contribution in [2.24, 2.45) is 13.0 Å². The van der Waals surface area contributed by atoms with E-state index < -0.39 is 0 Å². The van der Waals surface area contributed by atoms with Crippen LogP contribution in [0.1, 0.15) is 23.0 Å². The summed E-state index contributed by atoms with van der Waals surface area (Å²) in [6.45, 7) is 5.24. The molecule has 8 heteroatoms. The van der Waals surface area contributed by atoms with Crippen molar-refractivity contribution in [3.8, 4) is 11.5 Å². The fraction of sp³-hybridized carbons (Fsp3) is 0.300. The molecule has 0 saturated carbocycles. The van der Waals surface area contributed by atoms with Gasteiger partial charge in [0.15, 0.2) is 11.4 Å². The van der Waals surface area contributed by atoms with Gasteiger partial charge in [0.25, 0.3) is 5.91 Å². The monoisotopic (exact) mass is 378 g/mol. The zero-order valence-electron chi connectivity index (χ0n) is 16.1. The minimum atomic E-state index is -0.149. The van der Waals surface area contributed by atoms with Crippen LogP contribution in [0.15, 0.2) is 47.3 Å². The molecule has 0 spiro atoms. The van der Waals surface area contributed by atoms with Gasteiger partial charge >= 0.3 is 0 Å². The van der Waals surface area contributed by atoms with Gasteiger partial charge in [-0.2, -0.15) is 10.2 Å². The highest BCUT2D eigenvalue weighted by molar-refractivity contribution is 6.07. The van der Waals surface area contributed by atoms with E-state index >= 15 is 0 Å². The summed E-state index contributed by atoms with van der Waals surface area (Å²) in [5.41, 5.74) is 2.58. The van der Waals surface area contributed by atoms with E-state index in [0.29, 0.717) is 29.2 Å². The van der Waals surface area contributed by atoms with E-state index in [9.17, 15) is 4.79 Å². The number of aryl methyl sites for hydroxylation is 2. The van der Waals surface area contributed by atoms with Crippen LogP contribution in [0.4, 0.5) is 0 Å². The van der Waals surface area contributed by atoms with Crippen LogP contribution < -0.4 is 5.32 Å². The minimum Gasteiger partial charge on any atom is -0.463 e. The summed E-state index contributed by atoms with van der Waals surface area (Å²) < 4.78 is 9.02. The highest BCUT2D eigenvalue weighted by Gasteiger charge is 2.20. The van der Waals surface area contributed by atoms with E-state index in [-0.39, 0.29) is 11.8 Å². The highest BCUT2D eigenvalue weighted by atomic mass is 16.3. The molecule has 0 radical (unpaired) electrons. The van der Waals surface area contributed by atoms with Crippen LogP contribution in [0.3, 0.4) is 0 Å². The highest BCUT2D eigenvalue weighted by Crippen LogP contribution is 2.27. The van der Waals surface area contributed by atoms with Gasteiger partial charge in [-0.05, 0) is 37.1 Å². The number of fused-ring (bicyclic) bond motifs is 1. The molecular formula is C20H22N6O2. The Morgan fingerprint density at radius 3 is 2.93 bits per heavy atom. The molecule has 0 fully saturated rings. The Labute approximate surface area is 162 Å². The molecule has 1 N–H and O–H groups in total. The maximum Gasteiger partial charge on any atom is 0.252 e. The van der Waals surface area contributed by atoms with Crippen LogP contribution >= 0.6 is 0 Å². The molecule has 0 aliphatic rings. The molecule has 4 aromatic rings. The van der Waals surface area contributed by atoms with Crippen molar-refractivity contribution in [2.75, 3.05) is 6.54 Å². The first kappa shape index (κ1) is 18.0. The average Bonchev–Trinajstić information content (AvgIpc) is 3.42. The van der Waals surface area contributed by atoms with Crippen molar-refractivity contribution in [1.29, 1.82) is 0 Å². The van der Waals surface area contributed by atoms with Crippen molar-refractivity contribution < 1.29 is 9.21 Å².